The Morgan fingerprint density at radius 3 is 1.90 bits per heavy atom. The van der Waals surface area contributed by atoms with Crippen LogP contribution in [0.25, 0.3) is 33.3 Å². The fourth-order valence-corrected chi connectivity index (χ4v) is 3.74. The van der Waals surface area contributed by atoms with Gasteiger partial charge in [-0.2, -0.15) is 48.5 Å². The standard InChI is InChI=1S/C20H15N2.C6H7.C6H5.CH3.2ClH.Si.Zr/c1-14-10-15-12-16(19-6-2-4-8-21-19)13-18(17(15)11-14)20-7-3-5-9-22-20;1-6-4-2-3-5-6;1-2-4-6-5-3-1;;;;;/h2-13H,1H3;2,4H,3H2,1H3;1-5H;1H3;2*1H;;/q4*-1;;;;. The van der Waals surface area contributed by atoms with Crippen molar-refractivity contribution >= 4 is 42.5 Å². The number of halogens is 2. The largest absolute Gasteiger partial charge is 0.184 e. The van der Waals surface area contributed by atoms with Crippen LogP contribution in [0.3, 0.4) is 0 Å². The number of rotatable bonds is 2. The number of hydrogen-bond donors (Lipinski definition) is 0. The summed E-state index contributed by atoms with van der Waals surface area (Å²) < 4.78 is 0. The summed E-state index contributed by atoms with van der Waals surface area (Å²) in [5.74, 6) is 0. The fourth-order valence-electron chi connectivity index (χ4n) is 3.74. The van der Waals surface area contributed by atoms with E-state index in [0.717, 1.165) is 28.9 Å². The topological polar surface area (TPSA) is 25.8 Å². The van der Waals surface area contributed by atoms with E-state index in [-0.39, 0.29) is 32.2 Å². The SMILES string of the molecule is CC1=[C-]CC=C1.Cc1cc2c(-c3ccccn3)cc(-c3ccccn3)cc2[cH-]1.Cl.Cl.[CH3-].[Si]=[Zr].[c-]1ccccc1. The van der Waals surface area contributed by atoms with Crippen LogP contribution in [0.2, 0.25) is 0 Å². The minimum atomic E-state index is 0. The second-order valence-corrected chi connectivity index (χ2v) is 8.03. The van der Waals surface area contributed by atoms with Gasteiger partial charge in [-0.15, -0.1) is 59.7 Å². The molecule has 3 aromatic carbocycles. The van der Waals surface area contributed by atoms with Gasteiger partial charge in [0.1, 0.15) is 0 Å². The van der Waals surface area contributed by atoms with Crippen molar-refractivity contribution < 1.29 is 23.3 Å². The molecular formula is C33H32Cl2N2SiZr-4. The third-order valence-electron chi connectivity index (χ3n) is 5.34. The zero-order chi connectivity index (χ0) is 25.6. The normalized spacial score (nSPS) is 10.3. The quantitative estimate of drug-likeness (QED) is 0.141. The molecule has 0 saturated heterocycles. The summed E-state index contributed by atoms with van der Waals surface area (Å²) in [5, 5.41) is 2.48. The molecule has 2 aromatic heterocycles. The molecule has 0 bridgehead atoms. The summed E-state index contributed by atoms with van der Waals surface area (Å²) in [6.45, 7) is 7.25. The van der Waals surface area contributed by atoms with Crippen LogP contribution in [-0.2, 0) is 23.3 Å². The van der Waals surface area contributed by atoms with Crippen LogP contribution < -0.4 is 0 Å². The molecule has 1 aliphatic rings. The van der Waals surface area contributed by atoms with Gasteiger partial charge in [0.2, 0.25) is 0 Å². The van der Waals surface area contributed by atoms with Gasteiger partial charge in [0.25, 0.3) is 0 Å². The molecule has 2 nitrogen and oxygen atoms in total. The van der Waals surface area contributed by atoms with Crippen LogP contribution in [-0.4, -0.2) is 16.8 Å². The zero-order valence-electron chi connectivity index (χ0n) is 22.4. The molecule has 0 aliphatic heterocycles. The molecule has 0 saturated carbocycles. The molecule has 39 heavy (non-hydrogen) atoms. The van der Waals surface area contributed by atoms with Crippen molar-refractivity contribution in [2.75, 3.05) is 0 Å². The number of fused-ring (bicyclic) bond motifs is 1. The minimum absolute atomic E-state index is 0. The van der Waals surface area contributed by atoms with Gasteiger partial charge in [0.05, 0.1) is 11.4 Å². The summed E-state index contributed by atoms with van der Waals surface area (Å²) in [4.78, 5) is 9.00. The Morgan fingerprint density at radius 1 is 0.821 bits per heavy atom. The number of hydrogen-bond acceptors (Lipinski definition) is 2. The number of aromatic nitrogens is 2. The molecule has 2 heterocycles. The smallest absolute Gasteiger partial charge is 0.171 e. The molecule has 0 amide bonds. The van der Waals surface area contributed by atoms with Gasteiger partial charge in [-0.1, -0.05) is 32.0 Å². The Balaban J connectivity index is 0.000000707. The molecule has 1 aliphatic carbocycles. The first-order chi connectivity index (χ1) is 17.7. The molecular weight excluding hydrogens is 615 g/mol. The second kappa shape index (κ2) is 20.4. The molecule has 6 heteroatoms. The first kappa shape index (κ1) is 36.5. The van der Waals surface area contributed by atoms with Crippen molar-refractivity contribution in [1.82, 2.24) is 9.97 Å². The first-order valence-corrected chi connectivity index (χ1v) is 15.8. The molecule has 200 valence electrons. The molecule has 0 fully saturated rings. The van der Waals surface area contributed by atoms with E-state index in [0.29, 0.717) is 0 Å². The van der Waals surface area contributed by atoms with Crippen LogP contribution in [0, 0.1) is 26.5 Å². The van der Waals surface area contributed by atoms with Gasteiger partial charge in [-0.25, -0.2) is 11.6 Å². The molecule has 5 aromatic rings. The van der Waals surface area contributed by atoms with E-state index in [9.17, 15) is 0 Å². The van der Waals surface area contributed by atoms with E-state index in [1.54, 1.807) is 0 Å². The Labute approximate surface area is 263 Å². The minimum Gasteiger partial charge on any atom is -0.184 e. The Morgan fingerprint density at radius 2 is 1.46 bits per heavy atom. The van der Waals surface area contributed by atoms with Gasteiger partial charge in [0, 0.05) is 12.4 Å². The van der Waals surface area contributed by atoms with Crippen molar-refractivity contribution in [3.8, 4) is 22.5 Å². The van der Waals surface area contributed by atoms with Crippen LogP contribution >= 0.6 is 24.8 Å². The molecule has 0 unspecified atom stereocenters. The van der Waals surface area contributed by atoms with Crippen LogP contribution in [0.4, 0.5) is 0 Å². The predicted molar refractivity (Wildman–Crippen MR) is 169 cm³/mol. The maximum absolute atomic E-state index is 4.52. The van der Waals surface area contributed by atoms with Crippen molar-refractivity contribution in [2.45, 2.75) is 20.3 Å². The average molecular weight is 647 g/mol. The average Bonchev–Trinajstić information content (AvgIpc) is 3.59. The molecule has 0 N–H and O–H groups in total. The molecule has 6 rings (SSSR count). The van der Waals surface area contributed by atoms with Gasteiger partial charge < -0.3 is 7.43 Å². The van der Waals surface area contributed by atoms with E-state index in [1.807, 2.05) is 73.1 Å². The number of nitrogens with zero attached hydrogens (tertiary/aromatic N) is 2. The fraction of sp³-hybridized carbons (Fsp3) is 0.0909. The van der Waals surface area contributed by atoms with E-state index in [4.69, 9.17) is 0 Å². The van der Waals surface area contributed by atoms with Crippen molar-refractivity contribution in [1.29, 1.82) is 0 Å². The third-order valence-corrected chi connectivity index (χ3v) is 5.34. The maximum atomic E-state index is 4.52. The first-order valence-electron chi connectivity index (χ1n) is 11.6. The number of allylic oxidation sites excluding steroid dienone is 4. The summed E-state index contributed by atoms with van der Waals surface area (Å²) in [5.41, 5.74) is 6.81. The number of aryl methyl sites for hydroxylation is 1. The van der Waals surface area contributed by atoms with Crippen molar-refractivity contribution in [3.63, 3.8) is 0 Å². The van der Waals surface area contributed by atoms with E-state index < -0.39 is 0 Å². The van der Waals surface area contributed by atoms with E-state index in [2.05, 4.69) is 85.3 Å². The number of benzene rings is 2. The van der Waals surface area contributed by atoms with Crippen LogP contribution in [0.1, 0.15) is 18.9 Å². The Hall–Kier alpha value is -2.49. The predicted octanol–water partition coefficient (Wildman–Crippen LogP) is 9.08. The third kappa shape index (κ3) is 11.6. The monoisotopic (exact) mass is 644 g/mol. The van der Waals surface area contributed by atoms with Gasteiger partial charge in [-0.3, -0.25) is 16.0 Å². The Kier molecular flexibility index (Phi) is 19.1. The molecule has 0 atom stereocenters. The molecule has 0 spiro atoms. The van der Waals surface area contributed by atoms with Gasteiger partial charge in [-0.05, 0) is 35.4 Å². The maximum Gasteiger partial charge on any atom is -0.171 e. The second-order valence-electron chi connectivity index (χ2n) is 8.03. The van der Waals surface area contributed by atoms with Gasteiger partial charge in [0.15, 0.2) is 0 Å². The van der Waals surface area contributed by atoms with Crippen LogP contribution in [0.5, 0.6) is 0 Å². The van der Waals surface area contributed by atoms with Crippen molar-refractivity contribution in [2.24, 2.45) is 0 Å². The number of pyridine rings is 2. The summed E-state index contributed by atoms with van der Waals surface area (Å²) in [6.07, 6.45) is 12.0. The zero-order valence-corrected chi connectivity index (χ0v) is 27.5. The summed E-state index contributed by atoms with van der Waals surface area (Å²) >= 11 is 1.36. The summed E-state index contributed by atoms with van der Waals surface area (Å²) in [7, 11) is 0. The van der Waals surface area contributed by atoms with E-state index in [1.165, 1.54) is 45.2 Å². The summed E-state index contributed by atoms with van der Waals surface area (Å²) in [6, 6.07) is 33.4. The van der Waals surface area contributed by atoms with E-state index >= 15 is 0 Å². The molecule has 2 radical (unpaired) electrons. The van der Waals surface area contributed by atoms with Crippen LogP contribution in [0.15, 0.2) is 121 Å². The Bertz CT molecular complexity index is 1370. The van der Waals surface area contributed by atoms with Crippen molar-refractivity contribution in [3.05, 3.63) is 146 Å². The van der Waals surface area contributed by atoms with Gasteiger partial charge >= 0.3 is 30.2 Å².